The van der Waals surface area contributed by atoms with Crippen LogP contribution in [0.15, 0.2) is 32.5 Å². The number of nitrogens with zero attached hydrogens (tertiary/aromatic N) is 2. The van der Waals surface area contributed by atoms with E-state index in [9.17, 15) is 9.90 Å². The molecule has 1 heterocycles. The van der Waals surface area contributed by atoms with Crippen molar-refractivity contribution in [1.82, 2.24) is 5.27 Å². The Labute approximate surface area is 107 Å². The van der Waals surface area contributed by atoms with E-state index < -0.39 is 11.5 Å². The molecule has 6 nitrogen and oxygen atoms in total. The van der Waals surface area contributed by atoms with Crippen LogP contribution in [0, 0.1) is 6.92 Å². The quantitative estimate of drug-likeness (QED) is 0.479. The van der Waals surface area contributed by atoms with Gasteiger partial charge in [-0.2, -0.15) is 0 Å². The van der Waals surface area contributed by atoms with Crippen LogP contribution in [0.5, 0.6) is 0 Å². The molecule has 0 unspecified atom stereocenters. The predicted octanol–water partition coefficient (Wildman–Crippen LogP) is 0.193. The van der Waals surface area contributed by atoms with Gasteiger partial charge < -0.3 is 5.11 Å². The molecular formula is C11H10ClN3O3. The molecule has 0 fully saturated rings. The lowest BCUT2D eigenvalue weighted by Gasteiger charge is -2.06. The van der Waals surface area contributed by atoms with Crippen molar-refractivity contribution in [3.8, 4) is 0 Å². The molecule has 0 atom stereocenters. The van der Waals surface area contributed by atoms with Crippen molar-refractivity contribution >= 4 is 23.2 Å². The largest absolute Gasteiger partial charge is 0.854 e. The number of nitrogens with one attached hydrogen (secondary N) is 1. The molecule has 1 aromatic heterocycles. The van der Waals surface area contributed by atoms with E-state index in [-0.39, 0.29) is 5.69 Å². The highest BCUT2D eigenvalue weighted by Gasteiger charge is 2.17. The molecule has 0 radical (unpaired) electrons. The van der Waals surface area contributed by atoms with Gasteiger partial charge in [0, 0.05) is 5.02 Å². The second-order valence-electron chi connectivity index (χ2n) is 3.74. The van der Waals surface area contributed by atoms with Gasteiger partial charge in [0.25, 0.3) is 0 Å². The Morgan fingerprint density at radius 2 is 2.28 bits per heavy atom. The Bertz CT molecular complexity index is 672. The Hall–Kier alpha value is -2.08. The number of halogens is 1. The van der Waals surface area contributed by atoms with Crippen molar-refractivity contribution in [1.29, 1.82) is 0 Å². The first kappa shape index (κ1) is 12.4. The van der Waals surface area contributed by atoms with Gasteiger partial charge in [-0.3, -0.25) is 9.52 Å². The maximum absolute atomic E-state index is 11.9. The summed E-state index contributed by atoms with van der Waals surface area (Å²) in [4.78, 5) is 15.2. The highest BCUT2D eigenvalue weighted by Crippen LogP contribution is 2.22. The van der Waals surface area contributed by atoms with Crippen LogP contribution in [0.3, 0.4) is 0 Å². The summed E-state index contributed by atoms with van der Waals surface area (Å²) < 4.78 is 5.66. The van der Waals surface area contributed by atoms with E-state index in [0.29, 0.717) is 10.7 Å². The van der Waals surface area contributed by atoms with Gasteiger partial charge >= 0.3 is 11.3 Å². The van der Waals surface area contributed by atoms with Gasteiger partial charge in [-0.25, -0.2) is 4.79 Å². The molecule has 0 amide bonds. The van der Waals surface area contributed by atoms with Crippen LogP contribution in [-0.2, 0) is 7.05 Å². The van der Waals surface area contributed by atoms with Gasteiger partial charge in [0.1, 0.15) is 0 Å². The maximum Gasteiger partial charge on any atom is 0.435 e. The minimum atomic E-state index is -0.758. The van der Waals surface area contributed by atoms with Gasteiger partial charge in [0.05, 0.1) is 11.6 Å². The fourth-order valence-corrected chi connectivity index (χ4v) is 1.60. The zero-order chi connectivity index (χ0) is 13.3. The van der Waals surface area contributed by atoms with Crippen molar-refractivity contribution in [2.24, 2.45) is 12.0 Å². The van der Waals surface area contributed by atoms with Crippen LogP contribution in [-0.4, -0.2) is 11.2 Å². The summed E-state index contributed by atoms with van der Waals surface area (Å²) in [5.41, 5.74) is 0.281. The van der Waals surface area contributed by atoms with Gasteiger partial charge in [0.15, 0.2) is 7.05 Å². The monoisotopic (exact) mass is 267 g/mol. The van der Waals surface area contributed by atoms with Crippen molar-refractivity contribution in [3.63, 3.8) is 0 Å². The first-order valence-electron chi connectivity index (χ1n) is 5.09. The van der Waals surface area contributed by atoms with E-state index in [2.05, 4.69) is 14.8 Å². The minimum absolute atomic E-state index is 0.172. The normalized spacial score (nSPS) is 11.8. The third kappa shape index (κ3) is 2.28. The summed E-state index contributed by atoms with van der Waals surface area (Å²) >= 11 is 5.82. The fourth-order valence-electron chi connectivity index (χ4n) is 1.44. The zero-order valence-electron chi connectivity index (χ0n) is 9.73. The predicted molar refractivity (Wildman–Crippen MR) is 62.9 cm³/mol. The van der Waals surface area contributed by atoms with Gasteiger partial charge in [-0.05, 0) is 29.9 Å². The molecule has 7 heteroatoms. The lowest BCUT2D eigenvalue weighted by molar-refractivity contribution is -0.742. The highest BCUT2D eigenvalue weighted by molar-refractivity contribution is 6.30. The van der Waals surface area contributed by atoms with E-state index in [1.165, 1.54) is 11.7 Å². The number of benzene rings is 1. The minimum Gasteiger partial charge on any atom is -0.854 e. The molecule has 0 aliphatic heterocycles. The summed E-state index contributed by atoms with van der Waals surface area (Å²) in [6.45, 7) is 1.79. The number of aromatic nitrogens is 2. The van der Waals surface area contributed by atoms with Crippen molar-refractivity contribution < 1.29 is 14.3 Å². The molecular weight excluding hydrogens is 258 g/mol. The Morgan fingerprint density at radius 3 is 2.89 bits per heavy atom. The average molecular weight is 268 g/mol. The molecule has 0 saturated heterocycles. The Balaban J connectivity index is 2.51. The number of aryl methyl sites for hydroxylation is 2. The average Bonchev–Trinajstić information content (AvgIpc) is 2.63. The number of aliphatic imine (C=N–C) groups is 1. The third-order valence-electron chi connectivity index (χ3n) is 2.40. The second kappa shape index (κ2) is 4.66. The Morgan fingerprint density at radius 1 is 1.56 bits per heavy atom. The van der Waals surface area contributed by atoms with Gasteiger partial charge in [-0.15, -0.1) is 0 Å². The SMILES string of the molecule is Cc1ccc(Cl)cc1N=C([O-])c1c(=O)o[nH][n+]1C. The van der Waals surface area contributed by atoms with E-state index in [1.54, 1.807) is 25.1 Å². The van der Waals surface area contributed by atoms with E-state index in [1.807, 2.05) is 0 Å². The molecule has 0 spiro atoms. The molecule has 2 aromatic rings. The Kier molecular flexibility index (Phi) is 3.20. The molecule has 1 N–H and O–H groups in total. The molecule has 94 valence electrons. The summed E-state index contributed by atoms with van der Waals surface area (Å²) in [6, 6.07) is 5.00. The molecule has 1 aromatic carbocycles. The van der Waals surface area contributed by atoms with Crippen molar-refractivity contribution in [3.05, 3.63) is 44.9 Å². The summed E-state index contributed by atoms with van der Waals surface area (Å²) in [5, 5.41) is 14.6. The van der Waals surface area contributed by atoms with E-state index >= 15 is 0 Å². The lowest BCUT2D eigenvalue weighted by atomic mass is 10.2. The fraction of sp³-hybridized carbons (Fsp3) is 0.182. The second-order valence-corrected chi connectivity index (χ2v) is 4.17. The first-order valence-corrected chi connectivity index (χ1v) is 5.46. The number of H-pyrrole nitrogens is 1. The van der Waals surface area contributed by atoms with Crippen molar-refractivity contribution in [2.75, 3.05) is 0 Å². The van der Waals surface area contributed by atoms with Crippen LogP contribution in [0.2, 0.25) is 5.02 Å². The van der Waals surface area contributed by atoms with Crippen LogP contribution in [0.4, 0.5) is 5.69 Å². The topological polar surface area (TPSA) is 85.3 Å². The molecule has 0 bridgehead atoms. The molecule has 0 saturated carbocycles. The van der Waals surface area contributed by atoms with E-state index in [4.69, 9.17) is 11.6 Å². The number of aromatic amines is 1. The molecule has 18 heavy (non-hydrogen) atoms. The van der Waals surface area contributed by atoms with E-state index in [0.717, 1.165) is 5.56 Å². The van der Waals surface area contributed by atoms with Gasteiger partial charge in [-0.1, -0.05) is 22.3 Å². The first-order chi connectivity index (χ1) is 8.49. The van der Waals surface area contributed by atoms with Gasteiger partial charge in [0.2, 0.25) is 0 Å². The zero-order valence-corrected chi connectivity index (χ0v) is 10.5. The standard InChI is InChI=1S/C11H10ClN3O3/c1-6-3-4-7(12)5-8(6)13-10(16)9-11(17)18-14-15(9)2/h3-5H,1-2H3,(H-,13,14,16,17). The molecule has 2 rings (SSSR count). The smallest absolute Gasteiger partial charge is 0.435 e. The van der Waals surface area contributed by atoms with Crippen LogP contribution in [0.1, 0.15) is 11.3 Å². The highest BCUT2D eigenvalue weighted by atomic mass is 35.5. The van der Waals surface area contributed by atoms with Crippen LogP contribution < -0.4 is 15.4 Å². The van der Waals surface area contributed by atoms with Crippen molar-refractivity contribution in [2.45, 2.75) is 6.92 Å². The number of hydrogen-bond donors (Lipinski definition) is 1. The maximum atomic E-state index is 11.9. The molecule has 0 aliphatic carbocycles. The third-order valence-corrected chi connectivity index (χ3v) is 2.63. The summed E-state index contributed by atoms with van der Waals surface area (Å²) in [7, 11) is 1.48. The number of rotatable bonds is 2. The molecule has 0 aliphatic rings. The van der Waals surface area contributed by atoms with Crippen LogP contribution in [0.25, 0.3) is 0 Å². The number of hydrogen-bond acceptors (Lipinski definition) is 4. The summed E-state index contributed by atoms with van der Waals surface area (Å²) in [6.07, 6.45) is 0. The van der Waals surface area contributed by atoms with Crippen LogP contribution >= 0.6 is 11.6 Å². The summed E-state index contributed by atoms with van der Waals surface area (Å²) in [5.74, 6) is -0.683. The lowest BCUT2D eigenvalue weighted by Crippen LogP contribution is -2.43.